The molecule has 0 aliphatic heterocycles. The largest absolute Gasteiger partial charge is 0.481 e. The zero-order chi connectivity index (χ0) is 8.85. The van der Waals surface area contributed by atoms with E-state index >= 15 is 0 Å². The molecule has 0 bridgehead atoms. The van der Waals surface area contributed by atoms with Crippen LogP contribution in [0.5, 0.6) is 0 Å². The van der Waals surface area contributed by atoms with Crippen molar-refractivity contribution in [1.29, 1.82) is 0 Å². The van der Waals surface area contributed by atoms with Crippen molar-refractivity contribution >= 4 is 5.97 Å². The Hall–Kier alpha value is -0.790. The lowest BCUT2D eigenvalue weighted by atomic mass is 10.0. The van der Waals surface area contributed by atoms with E-state index in [4.69, 9.17) is 5.11 Å². The third kappa shape index (κ3) is 4.59. The summed E-state index contributed by atoms with van der Waals surface area (Å²) in [6, 6.07) is 0. The van der Waals surface area contributed by atoms with Crippen molar-refractivity contribution in [1.82, 2.24) is 0 Å². The van der Waals surface area contributed by atoms with Crippen LogP contribution in [0.3, 0.4) is 0 Å². The third-order valence-corrected chi connectivity index (χ3v) is 1.65. The van der Waals surface area contributed by atoms with Crippen LogP contribution in [0.15, 0.2) is 11.6 Å². The molecule has 0 aromatic rings. The smallest absolute Gasteiger partial charge is 0.306 e. The summed E-state index contributed by atoms with van der Waals surface area (Å²) in [7, 11) is 0. The first-order valence-electron chi connectivity index (χ1n) is 3.94. The number of hydrogen-bond donors (Lipinski definition) is 1. The number of hydrogen-bond acceptors (Lipinski definition) is 1. The molecule has 0 rings (SSSR count). The van der Waals surface area contributed by atoms with Crippen LogP contribution >= 0.6 is 0 Å². The summed E-state index contributed by atoms with van der Waals surface area (Å²) in [6.07, 6.45) is 3.34. The molecule has 0 aliphatic rings. The highest BCUT2D eigenvalue weighted by Gasteiger charge is 2.12. The van der Waals surface area contributed by atoms with Gasteiger partial charge in [-0.15, -0.1) is 0 Å². The minimum absolute atomic E-state index is 0.204. The van der Waals surface area contributed by atoms with Gasteiger partial charge in [0.15, 0.2) is 0 Å². The third-order valence-electron chi connectivity index (χ3n) is 1.65. The molecule has 11 heavy (non-hydrogen) atoms. The van der Waals surface area contributed by atoms with Gasteiger partial charge in [0, 0.05) is 0 Å². The Bertz CT molecular complexity index is 155. The van der Waals surface area contributed by atoms with Crippen LogP contribution < -0.4 is 0 Å². The zero-order valence-electron chi connectivity index (χ0n) is 7.42. The van der Waals surface area contributed by atoms with Crippen LogP contribution in [0.25, 0.3) is 0 Å². The molecule has 0 amide bonds. The van der Waals surface area contributed by atoms with Crippen LogP contribution in [-0.2, 0) is 4.79 Å². The number of carboxylic acid groups (broad SMARTS) is 1. The molecule has 0 saturated carbocycles. The van der Waals surface area contributed by atoms with E-state index in [2.05, 4.69) is 0 Å². The molecule has 1 N–H and O–H groups in total. The number of allylic oxidation sites excluding steroid dienone is 2. The Labute approximate surface area is 67.9 Å². The topological polar surface area (TPSA) is 37.3 Å². The Kier molecular flexibility index (Phi) is 4.59. The first-order chi connectivity index (χ1) is 5.07. The second kappa shape index (κ2) is 4.94. The molecule has 0 aliphatic carbocycles. The van der Waals surface area contributed by atoms with Gasteiger partial charge in [-0.1, -0.05) is 18.6 Å². The molecule has 0 spiro atoms. The Morgan fingerprint density at radius 2 is 2.09 bits per heavy atom. The first kappa shape index (κ1) is 10.2. The maximum absolute atomic E-state index is 10.5. The van der Waals surface area contributed by atoms with E-state index in [0.29, 0.717) is 12.8 Å². The van der Waals surface area contributed by atoms with Crippen molar-refractivity contribution in [2.45, 2.75) is 33.6 Å². The molecule has 1 atom stereocenters. The summed E-state index contributed by atoms with van der Waals surface area (Å²) in [5.74, 6) is -0.894. The molecule has 64 valence electrons. The van der Waals surface area contributed by atoms with Gasteiger partial charge in [0.05, 0.1) is 5.92 Å². The van der Waals surface area contributed by atoms with Gasteiger partial charge in [0.2, 0.25) is 0 Å². The summed E-state index contributed by atoms with van der Waals surface area (Å²) in [6.45, 7) is 5.86. The quantitative estimate of drug-likeness (QED) is 0.635. The van der Waals surface area contributed by atoms with E-state index in [1.165, 1.54) is 5.57 Å². The van der Waals surface area contributed by atoms with Gasteiger partial charge < -0.3 is 5.11 Å². The molecule has 2 heteroatoms. The molecule has 0 saturated heterocycles. The van der Waals surface area contributed by atoms with Crippen LogP contribution in [0, 0.1) is 5.92 Å². The summed E-state index contributed by atoms with van der Waals surface area (Å²) in [5, 5.41) is 8.66. The van der Waals surface area contributed by atoms with Gasteiger partial charge in [-0.3, -0.25) is 4.79 Å². The van der Waals surface area contributed by atoms with E-state index < -0.39 is 5.97 Å². The molecule has 1 unspecified atom stereocenters. The summed E-state index contributed by atoms with van der Waals surface area (Å²) < 4.78 is 0. The minimum atomic E-state index is -0.690. The lowest BCUT2D eigenvalue weighted by molar-refractivity contribution is -0.141. The predicted octanol–water partition coefficient (Wildman–Crippen LogP) is 2.45. The summed E-state index contributed by atoms with van der Waals surface area (Å²) in [5.41, 5.74) is 1.18. The van der Waals surface area contributed by atoms with Gasteiger partial charge in [0.1, 0.15) is 0 Å². The number of rotatable bonds is 4. The fraction of sp³-hybridized carbons (Fsp3) is 0.667. The number of carboxylic acids is 1. The highest BCUT2D eigenvalue weighted by atomic mass is 16.4. The number of aliphatic carboxylic acids is 1. The van der Waals surface area contributed by atoms with Crippen molar-refractivity contribution in [3.63, 3.8) is 0 Å². The van der Waals surface area contributed by atoms with Crippen molar-refractivity contribution in [3.05, 3.63) is 11.6 Å². The van der Waals surface area contributed by atoms with Crippen LogP contribution in [0.4, 0.5) is 0 Å². The lowest BCUT2D eigenvalue weighted by Gasteiger charge is -2.05. The summed E-state index contributed by atoms with van der Waals surface area (Å²) >= 11 is 0. The van der Waals surface area contributed by atoms with Gasteiger partial charge >= 0.3 is 5.97 Å². The lowest BCUT2D eigenvalue weighted by Crippen LogP contribution is -2.11. The van der Waals surface area contributed by atoms with Gasteiger partial charge in [0.25, 0.3) is 0 Å². The van der Waals surface area contributed by atoms with Crippen LogP contribution in [0.1, 0.15) is 33.6 Å². The van der Waals surface area contributed by atoms with E-state index in [-0.39, 0.29) is 5.92 Å². The first-order valence-corrected chi connectivity index (χ1v) is 3.94. The monoisotopic (exact) mass is 156 g/mol. The molecule has 0 aromatic heterocycles. The average molecular weight is 156 g/mol. The average Bonchev–Trinajstić information content (AvgIpc) is 1.87. The van der Waals surface area contributed by atoms with Crippen LogP contribution in [0.2, 0.25) is 0 Å². The van der Waals surface area contributed by atoms with E-state index in [1.54, 1.807) is 0 Å². The molecular formula is C9H16O2. The van der Waals surface area contributed by atoms with Gasteiger partial charge in [-0.2, -0.15) is 0 Å². The Balaban J connectivity index is 3.89. The van der Waals surface area contributed by atoms with Crippen molar-refractivity contribution in [2.24, 2.45) is 5.92 Å². The maximum Gasteiger partial charge on any atom is 0.306 e. The van der Waals surface area contributed by atoms with Gasteiger partial charge in [-0.25, -0.2) is 0 Å². The fourth-order valence-corrected chi connectivity index (χ4v) is 0.820. The summed E-state index contributed by atoms with van der Waals surface area (Å²) in [4.78, 5) is 10.5. The SMILES string of the molecule is CCC(CC=C(C)C)C(=O)O. The second-order valence-corrected chi connectivity index (χ2v) is 2.96. The standard InChI is InChI=1S/C9H16O2/c1-4-8(9(10)11)6-5-7(2)3/h5,8H,4,6H2,1-3H3,(H,10,11). The van der Waals surface area contributed by atoms with Crippen molar-refractivity contribution in [3.8, 4) is 0 Å². The molecule has 0 aromatic carbocycles. The minimum Gasteiger partial charge on any atom is -0.481 e. The fourth-order valence-electron chi connectivity index (χ4n) is 0.820. The predicted molar refractivity (Wildman–Crippen MR) is 45.5 cm³/mol. The van der Waals surface area contributed by atoms with Gasteiger partial charge in [-0.05, 0) is 26.7 Å². The second-order valence-electron chi connectivity index (χ2n) is 2.96. The molecule has 0 fully saturated rings. The van der Waals surface area contributed by atoms with E-state index in [1.807, 2.05) is 26.8 Å². The van der Waals surface area contributed by atoms with Crippen molar-refractivity contribution in [2.75, 3.05) is 0 Å². The molecule has 0 heterocycles. The molecule has 0 radical (unpaired) electrons. The van der Waals surface area contributed by atoms with Crippen LogP contribution in [-0.4, -0.2) is 11.1 Å². The highest BCUT2D eigenvalue weighted by Crippen LogP contribution is 2.10. The Morgan fingerprint density at radius 3 is 2.36 bits per heavy atom. The molecule has 2 nitrogen and oxygen atoms in total. The van der Waals surface area contributed by atoms with Crippen molar-refractivity contribution < 1.29 is 9.90 Å². The van der Waals surface area contributed by atoms with E-state index in [0.717, 1.165) is 0 Å². The normalized spacial score (nSPS) is 12.3. The number of carbonyl (C=O) groups is 1. The maximum atomic E-state index is 10.5. The Morgan fingerprint density at radius 1 is 1.55 bits per heavy atom. The highest BCUT2D eigenvalue weighted by molar-refractivity contribution is 5.70. The van der Waals surface area contributed by atoms with E-state index in [9.17, 15) is 4.79 Å². The molecular weight excluding hydrogens is 140 g/mol. The zero-order valence-corrected chi connectivity index (χ0v) is 7.42.